The SMILES string of the molecule is O=C(Cc1cnc[nH]1)N1[C@@H]2CC[C@H]1CN(c1nc(OCC34CCCN3CCC4)nc3c(F)c(-c4cc(O)cc5ccccc45)ccc13)C2. The smallest absolute Gasteiger partial charge is 0.319 e. The molecule has 0 saturated carbocycles. The topological polar surface area (TPSA) is 111 Å². The Labute approximate surface area is 277 Å². The Morgan fingerprint density at radius 3 is 2.56 bits per heavy atom. The van der Waals surface area contributed by atoms with E-state index in [0.717, 1.165) is 68.1 Å². The van der Waals surface area contributed by atoms with Gasteiger partial charge in [0.05, 0.1) is 18.3 Å². The Hall–Kier alpha value is -4.77. The maximum absolute atomic E-state index is 16.9. The zero-order valence-corrected chi connectivity index (χ0v) is 26.7. The standard InChI is InChI=1S/C37H38FN7O3/c38-33-29(31-17-27(46)15-23-5-1-2-6-28(23)31)9-10-30-34(33)41-36(48-21-37-11-3-13-44(37)14-4-12-37)42-35(30)43-19-25-7-8-26(20-43)45(25)32(47)16-24-18-39-22-40-24/h1-2,5-6,9-10,15,17-18,22,25-26,46H,3-4,7-8,11-14,16,19-21H2,(H,39,40)/t25-,26+. The predicted octanol–water partition coefficient (Wildman–Crippen LogP) is 5.45. The number of halogens is 1. The van der Waals surface area contributed by atoms with Crippen LogP contribution in [0.15, 0.2) is 61.1 Å². The zero-order chi connectivity index (χ0) is 32.4. The number of rotatable bonds is 7. The summed E-state index contributed by atoms with van der Waals surface area (Å²) in [4.78, 5) is 37.0. The number of amides is 1. The number of H-pyrrole nitrogens is 1. The monoisotopic (exact) mass is 647 g/mol. The molecule has 4 fully saturated rings. The first-order valence-electron chi connectivity index (χ1n) is 17.1. The van der Waals surface area contributed by atoms with Crippen molar-refractivity contribution in [3.63, 3.8) is 0 Å². The average molecular weight is 648 g/mol. The highest BCUT2D eigenvalue weighted by Crippen LogP contribution is 2.42. The van der Waals surface area contributed by atoms with Crippen molar-refractivity contribution in [3.8, 4) is 22.9 Å². The normalized spacial score (nSPS) is 21.8. The molecular weight excluding hydrogens is 609 g/mol. The number of phenolic OH excluding ortho intramolecular Hbond substituents is 1. The maximum Gasteiger partial charge on any atom is 0.319 e. The van der Waals surface area contributed by atoms with Crippen LogP contribution in [0, 0.1) is 5.82 Å². The largest absolute Gasteiger partial charge is 0.508 e. The molecule has 6 heterocycles. The number of benzene rings is 3. The third-order valence-corrected chi connectivity index (χ3v) is 11.2. The van der Waals surface area contributed by atoms with Crippen molar-refractivity contribution in [2.45, 2.75) is 62.6 Å². The Kier molecular flexibility index (Phi) is 7.00. The number of imidazole rings is 1. The summed E-state index contributed by atoms with van der Waals surface area (Å²) in [6.07, 6.45) is 9.85. The number of piperazine rings is 1. The van der Waals surface area contributed by atoms with Crippen LogP contribution >= 0.6 is 0 Å². The molecule has 11 heteroatoms. The summed E-state index contributed by atoms with van der Waals surface area (Å²) >= 11 is 0. The van der Waals surface area contributed by atoms with E-state index in [9.17, 15) is 9.90 Å². The summed E-state index contributed by atoms with van der Waals surface area (Å²) in [5.74, 6) is 0.317. The van der Waals surface area contributed by atoms with Gasteiger partial charge in [-0.25, -0.2) is 9.37 Å². The second-order valence-corrected chi connectivity index (χ2v) is 13.9. The summed E-state index contributed by atoms with van der Waals surface area (Å²) in [5.41, 5.74) is 1.94. The summed E-state index contributed by atoms with van der Waals surface area (Å²) in [6, 6.07) is 14.8. The molecule has 0 aliphatic carbocycles. The molecule has 2 bridgehead atoms. The highest BCUT2D eigenvalue weighted by atomic mass is 19.1. The number of carbonyl (C=O) groups excluding carboxylic acids is 1. The van der Waals surface area contributed by atoms with E-state index in [1.165, 1.54) is 0 Å². The van der Waals surface area contributed by atoms with Gasteiger partial charge in [-0.15, -0.1) is 0 Å². The number of phenols is 1. The summed E-state index contributed by atoms with van der Waals surface area (Å²) in [6.45, 7) is 3.81. The van der Waals surface area contributed by atoms with Gasteiger partial charge in [-0.1, -0.05) is 30.3 Å². The average Bonchev–Trinajstić information content (AvgIpc) is 3.88. The Morgan fingerprint density at radius 2 is 1.79 bits per heavy atom. The summed E-state index contributed by atoms with van der Waals surface area (Å²) in [5, 5.41) is 12.8. The quantitative estimate of drug-likeness (QED) is 0.240. The molecule has 2 aromatic heterocycles. The number of hydrogen-bond donors (Lipinski definition) is 2. The number of aromatic amines is 1. The van der Waals surface area contributed by atoms with Gasteiger partial charge in [-0.3, -0.25) is 9.69 Å². The molecule has 2 atom stereocenters. The van der Waals surface area contributed by atoms with Gasteiger partial charge >= 0.3 is 6.01 Å². The van der Waals surface area contributed by atoms with E-state index >= 15 is 4.39 Å². The molecule has 9 rings (SSSR count). The highest BCUT2D eigenvalue weighted by molar-refractivity contribution is 6.01. The second kappa shape index (κ2) is 11.4. The molecule has 4 saturated heterocycles. The van der Waals surface area contributed by atoms with E-state index in [0.29, 0.717) is 42.0 Å². The molecule has 4 aliphatic heterocycles. The van der Waals surface area contributed by atoms with Crippen molar-refractivity contribution in [3.05, 3.63) is 72.6 Å². The molecule has 10 nitrogen and oxygen atoms in total. The number of fused-ring (bicyclic) bond motifs is 5. The van der Waals surface area contributed by atoms with Gasteiger partial charge in [0.15, 0.2) is 5.82 Å². The fourth-order valence-corrected chi connectivity index (χ4v) is 8.94. The first kappa shape index (κ1) is 29.4. The van der Waals surface area contributed by atoms with Crippen LogP contribution in [0.2, 0.25) is 0 Å². The number of hydrogen-bond acceptors (Lipinski definition) is 8. The van der Waals surface area contributed by atoms with Crippen LogP contribution in [0.3, 0.4) is 0 Å². The molecule has 0 radical (unpaired) electrons. The molecular formula is C37H38FN7O3. The van der Waals surface area contributed by atoms with Crippen molar-refractivity contribution in [1.29, 1.82) is 0 Å². The van der Waals surface area contributed by atoms with Gasteiger partial charge < -0.3 is 24.6 Å². The number of aromatic nitrogens is 4. The zero-order valence-electron chi connectivity index (χ0n) is 26.7. The molecule has 5 aromatic rings. The molecule has 1 amide bonds. The van der Waals surface area contributed by atoms with E-state index in [-0.39, 0.29) is 47.2 Å². The van der Waals surface area contributed by atoms with Crippen LogP contribution in [0.5, 0.6) is 11.8 Å². The van der Waals surface area contributed by atoms with Crippen molar-refractivity contribution >= 4 is 33.4 Å². The van der Waals surface area contributed by atoms with E-state index < -0.39 is 5.82 Å². The number of carbonyl (C=O) groups is 1. The lowest BCUT2D eigenvalue weighted by atomic mass is 9.95. The van der Waals surface area contributed by atoms with Crippen LogP contribution in [0.4, 0.5) is 10.2 Å². The van der Waals surface area contributed by atoms with Crippen LogP contribution in [-0.4, -0.2) is 91.2 Å². The van der Waals surface area contributed by atoms with E-state index in [1.807, 2.05) is 35.2 Å². The fourth-order valence-electron chi connectivity index (χ4n) is 8.94. The van der Waals surface area contributed by atoms with Gasteiger partial charge in [0.1, 0.15) is 23.7 Å². The molecule has 246 valence electrons. The minimum Gasteiger partial charge on any atom is -0.508 e. The third kappa shape index (κ3) is 4.86. The lowest BCUT2D eigenvalue weighted by Crippen LogP contribution is -2.56. The Balaban J connectivity index is 1.11. The van der Waals surface area contributed by atoms with Crippen LogP contribution < -0.4 is 9.64 Å². The summed E-state index contributed by atoms with van der Waals surface area (Å²) in [7, 11) is 0. The number of ether oxygens (including phenoxy) is 1. The molecule has 0 spiro atoms. The molecule has 4 aliphatic rings. The van der Waals surface area contributed by atoms with Crippen molar-refractivity contribution in [2.75, 3.05) is 37.7 Å². The lowest BCUT2D eigenvalue weighted by Gasteiger charge is -2.42. The lowest BCUT2D eigenvalue weighted by molar-refractivity contribution is -0.133. The maximum atomic E-state index is 16.9. The first-order valence-corrected chi connectivity index (χ1v) is 17.1. The van der Waals surface area contributed by atoms with Crippen molar-refractivity contribution in [2.24, 2.45) is 0 Å². The van der Waals surface area contributed by atoms with E-state index in [4.69, 9.17) is 14.7 Å². The molecule has 0 unspecified atom stereocenters. The number of nitrogens with one attached hydrogen (secondary N) is 1. The van der Waals surface area contributed by atoms with Crippen LogP contribution in [0.1, 0.15) is 44.2 Å². The van der Waals surface area contributed by atoms with Gasteiger partial charge in [0.25, 0.3) is 0 Å². The van der Waals surface area contributed by atoms with Gasteiger partial charge in [0, 0.05) is 48.0 Å². The molecule has 48 heavy (non-hydrogen) atoms. The van der Waals surface area contributed by atoms with E-state index in [2.05, 4.69) is 19.8 Å². The van der Waals surface area contributed by atoms with Crippen molar-refractivity contribution < 1.29 is 19.0 Å². The Morgan fingerprint density at radius 1 is 1.00 bits per heavy atom. The number of aromatic hydroxyl groups is 1. The number of anilines is 1. The number of nitrogens with zero attached hydrogens (tertiary/aromatic N) is 6. The van der Waals surface area contributed by atoms with Crippen LogP contribution in [-0.2, 0) is 11.2 Å². The van der Waals surface area contributed by atoms with Gasteiger partial charge in [0.2, 0.25) is 5.91 Å². The second-order valence-electron chi connectivity index (χ2n) is 13.9. The first-order chi connectivity index (χ1) is 23.5. The highest BCUT2D eigenvalue weighted by Gasteiger charge is 2.46. The minimum absolute atomic E-state index is 0.0148. The van der Waals surface area contributed by atoms with Gasteiger partial charge in [-0.2, -0.15) is 9.97 Å². The molecule has 3 aromatic carbocycles. The molecule has 2 N–H and O–H groups in total. The fraction of sp³-hybridized carbons (Fsp3) is 0.405. The van der Waals surface area contributed by atoms with Crippen molar-refractivity contribution in [1.82, 2.24) is 29.7 Å². The third-order valence-electron chi connectivity index (χ3n) is 11.2. The Bertz CT molecular complexity index is 2010. The van der Waals surface area contributed by atoms with E-state index in [1.54, 1.807) is 30.7 Å². The summed E-state index contributed by atoms with van der Waals surface area (Å²) < 4.78 is 23.3. The van der Waals surface area contributed by atoms with Gasteiger partial charge in [-0.05, 0) is 86.1 Å². The minimum atomic E-state index is -0.477. The predicted molar refractivity (Wildman–Crippen MR) is 181 cm³/mol. The van der Waals surface area contributed by atoms with Crippen LogP contribution in [0.25, 0.3) is 32.8 Å².